The van der Waals surface area contributed by atoms with Gasteiger partial charge in [-0.05, 0) is 23.3 Å². The lowest BCUT2D eigenvalue weighted by molar-refractivity contribution is -0.130. The number of hydrogen-bond acceptors (Lipinski definition) is 4. The summed E-state index contributed by atoms with van der Waals surface area (Å²) in [5.74, 6) is 0.225. The fourth-order valence-corrected chi connectivity index (χ4v) is 3.48. The predicted molar refractivity (Wildman–Crippen MR) is 94.9 cm³/mol. The van der Waals surface area contributed by atoms with Crippen molar-refractivity contribution in [1.82, 2.24) is 5.32 Å². The van der Waals surface area contributed by atoms with Crippen LogP contribution in [0.3, 0.4) is 0 Å². The molecule has 3 rings (SSSR count). The number of halogens is 1. The Morgan fingerprint density at radius 3 is 2.80 bits per heavy atom. The minimum atomic E-state index is -0.793. The summed E-state index contributed by atoms with van der Waals surface area (Å²) in [6.45, 7) is 0.438. The zero-order valence-corrected chi connectivity index (χ0v) is 14.4. The number of hydrogen-bond donors (Lipinski definition) is 1. The molecule has 1 atom stereocenters. The van der Waals surface area contributed by atoms with Crippen LogP contribution in [0.2, 0.25) is 0 Å². The van der Waals surface area contributed by atoms with Crippen LogP contribution in [-0.4, -0.2) is 30.3 Å². The van der Waals surface area contributed by atoms with Crippen LogP contribution in [0.5, 0.6) is 0 Å². The molecule has 2 aromatic carbocycles. The average Bonchev–Trinajstić information content (AvgIpc) is 2.62. The summed E-state index contributed by atoms with van der Waals surface area (Å²) in [6, 6.07) is 13.8. The van der Waals surface area contributed by atoms with Gasteiger partial charge in [-0.1, -0.05) is 36.4 Å². The SMILES string of the molecule is O=C1OC(C(=O)NCCSCc2ccccc2F)Cc2ccccc21. The second kappa shape index (κ2) is 8.16. The minimum absolute atomic E-state index is 0.216. The monoisotopic (exact) mass is 359 g/mol. The van der Waals surface area contributed by atoms with Crippen LogP contribution in [0.25, 0.3) is 0 Å². The third-order valence-corrected chi connectivity index (χ3v) is 4.95. The molecule has 0 saturated carbocycles. The fourth-order valence-electron chi connectivity index (χ4n) is 2.64. The van der Waals surface area contributed by atoms with Crippen molar-refractivity contribution < 1.29 is 18.7 Å². The number of benzene rings is 2. The summed E-state index contributed by atoms with van der Waals surface area (Å²) in [4.78, 5) is 24.1. The van der Waals surface area contributed by atoms with Gasteiger partial charge in [-0.2, -0.15) is 11.8 Å². The highest BCUT2D eigenvalue weighted by molar-refractivity contribution is 7.98. The van der Waals surface area contributed by atoms with Crippen molar-refractivity contribution in [2.45, 2.75) is 18.3 Å². The number of amides is 1. The van der Waals surface area contributed by atoms with E-state index in [0.717, 1.165) is 5.56 Å². The van der Waals surface area contributed by atoms with Gasteiger partial charge in [0.15, 0.2) is 6.10 Å². The van der Waals surface area contributed by atoms with E-state index in [2.05, 4.69) is 5.32 Å². The first-order valence-electron chi connectivity index (χ1n) is 8.03. The Balaban J connectivity index is 1.43. The van der Waals surface area contributed by atoms with E-state index in [1.165, 1.54) is 17.8 Å². The van der Waals surface area contributed by atoms with Gasteiger partial charge in [0.05, 0.1) is 5.56 Å². The Morgan fingerprint density at radius 1 is 1.20 bits per heavy atom. The fraction of sp³-hybridized carbons (Fsp3) is 0.263. The number of esters is 1. The molecule has 0 spiro atoms. The molecule has 2 aromatic rings. The van der Waals surface area contributed by atoms with Gasteiger partial charge >= 0.3 is 5.97 Å². The molecule has 4 nitrogen and oxygen atoms in total. The topological polar surface area (TPSA) is 55.4 Å². The van der Waals surface area contributed by atoms with Crippen LogP contribution < -0.4 is 5.32 Å². The van der Waals surface area contributed by atoms with E-state index in [1.54, 1.807) is 30.3 Å². The number of rotatable bonds is 6. The van der Waals surface area contributed by atoms with E-state index in [-0.39, 0.29) is 11.7 Å². The van der Waals surface area contributed by atoms with E-state index in [4.69, 9.17) is 4.74 Å². The molecule has 1 heterocycles. The molecular weight excluding hydrogens is 341 g/mol. The van der Waals surface area contributed by atoms with Gasteiger partial charge in [0.25, 0.3) is 5.91 Å². The van der Waals surface area contributed by atoms with Gasteiger partial charge in [-0.3, -0.25) is 4.79 Å². The van der Waals surface area contributed by atoms with E-state index < -0.39 is 12.1 Å². The molecule has 6 heteroatoms. The zero-order chi connectivity index (χ0) is 17.6. The number of thioether (sulfide) groups is 1. The number of cyclic esters (lactones) is 1. The Hall–Kier alpha value is -2.34. The van der Waals surface area contributed by atoms with Crippen LogP contribution in [0, 0.1) is 5.82 Å². The highest BCUT2D eigenvalue weighted by Gasteiger charge is 2.30. The van der Waals surface area contributed by atoms with Gasteiger partial charge < -0.3 is 10.1 Å². The van der Waals surface area contributed by atoms with Crippen molar-refractivity contribution in [3.63, 3.8) is 0 Å². The number of fused-ring (bicyclic) bond motifs is 1. The molecule has 1 aliphatic heterocycles. The third kappa shape index (κ3) is 4.39. The molecule has 0 aromatic heterocycles. The molecule has 0 saturated heterocycles. The molecule has 0 radical (unpaired) electrons. The molecule has 1 N–H and O–H groups in total. The highest BCUT2D eigenvalue weighted by Crippen LogP contribution is 2.20. The Bertz CT molecular complexity index is 781. The normalized spacial score (nSPS) is 16.0. The second-order valence-corrected chi connectivity index (χ2v) is 6.80. The molecule has 1 amide bonds. The van der Waals surface area contributed by atoms with Crippen molar-refractivity contribution in [2.24, 2.45) is 0 Å². The van der Waals surface area contributed by atoms with Gasteiger partial charge in [0.1, 0.15) is 5.82 Å². The van der Waals surface area contributed by atoms with Crippen molar-refractivity contribution >= 4 is 23.6 Å². The summed E-state index contributed by atoms with van der Waals surface area (Å²) in [5, 5.41) is 2.77. The number of ether oxygens (including phenoxy) is 1. The van der Waals surface area contributed by atoms with Crippen molar-refractivity contribution in [2.75, 3.05) is 12.3 Å². The molecule has 0 fully saturated rings. The van der Waals surface area contributed by atoms with E-state index in [9.17, 15) is 14.0 Å². The summed E-state index contributed by atoms with van der Waals surface area (Å²) >= 11 is 1.54. The lowest BCUT2D eigenvalue weighted by Gasteiger charge is -2.23. The van der Waals surface area contributed by atoms with E-state index in [0.29, 0.717) is 35.6 Å². The molecule has 130 valence electrons. The minimum Gasteiger partial charge on any atom is -0.448 e. The Morgan fingerprint density at radius 2 is 1.96 bits per heavy atom. The molecule has 1 unspecified atom stereocenters. The standard InChI is InChI=1S/C19H18FNO3S/c20-16-8-4-2-6-14(16)12-25-10-9-21-18(22)17-11-13-5-1-3-7-15(13)19(23)24-17/h1-8,17H,9-12H2,(H,21,22). The van der Waals surface area contributed by atoms with Crippen LogP contribution in [0.15, 0.2) is 48.5 Å². The Labute approximate surface area is 149 Å². The first-order chi connectivity index (χ1) is 12.1. The van der Waals surface area contributed by atoms with E-state index >= 15 is 0 Å². The maximum absolute atomic E-state index is 13.5. The van der Waals surface area contributed by atoms with Crippen LogP contribution in [0.4, 0.5) is 4.39 Å². The van der Waals surface area contributed by atoms with Crippen LogP contribution in [-0.2, 0) is 21.7 Å². The summed E-state index contributed by atoms with van der Waals surface area (Å²) < 4.78 is 18.7. The second-order valence-electron chi connectivity index (χ2n) is 5.69. The van der Waals surface area contributed by atoms with Gasteiger partial charge in [0.2, 0.25) is 0 Å². The lowest BCUT2D eigenvalue weighted by atomic mass is 9.98. The molecule has 0 bridgehead atoms. The molecular formula is C19H18FNO3S. The molecule has 1 aliphatic rings. The quantitative estimate of drug-likeness (QED) is 0.636. The van der Waals surface area contributed by atoms with Gasteiger partial charge in [0, 0.05) is 24.5 Å². The summed E-state index contributed by atoms with van der Waals surface area (Å²) in [6.07, 6.45) is -0.408. The summed E-state index contributed by atoms with van der Waals surface area (Å²) in [7, 11) is 0. The number of nitrogens with one attached hydrogen (secondary N) is 1. The molecule has 0 aliphatic carbocycles. The zero-order valence-electron chi connectivity index (χ0n) is 13.5. The van der Waals surface area contributed by atoms with E-state index in [1.807, 2.05) is 12.1 Å². The van der Waals surface area contributed by atoms with Crippen LogP contribution in [0.1, 0.15) is 21.5 Å². The first kappa shape index (κ1) is 17.5. The average molecular weight is 359 g/mol. The number of carbonyl (C=O) groups excluding carboxylic acids is 2. The number of carbonyl (C=O) groups is 2. The van der Waals surface area contributed by atoms with Gasteiger partial charge in [-0.15, -0.1) is 0 Å². The smallest absolute Gasteiger partial charge is 0.339 e. The molecule has 25 heavy (non-hydrogen) atoms. The maximum Gasteiger partial charge on any atom is 0.339 e. The Kier molecular flexibility index (Phi) is 5.71. The van der Waals surface area contributed by atoms with Crippen LogP contribution >= 0.6 is 11.8 Å². The van der Waals surface area contributed by atoms with Crippen molar-refractivity contribution in [3.05, 3.63) is 71.0 Å². The van der Waals surface area contributed by atoms with Crippen molar-refractivity contribution in [1.29, 1.82) is 0 Å². The maximum atomic E-state index is 13.5. The predicted octanol–water partition coefficient (Wildman–Crippen LogP) is 2.96. The first-order valence-corrected chi connectivity index (χ1v) is 9.18. The highest BCUT2D eigenvalue weighted by atomic mass is 32.2. The van der Waals surface area contributed by atoms with Crippen molar-refractivity contribution in [3.8, 4) is 0 Å². The summed E-state index contributed by atoms with van der Waals surface area (Å²) in [5.41, 5.74) is 2.00. The lowest BCUT2D eigenvalue weighted by Crippen LogP contribution is -2.42. The van der Waals surface area contributed by atoms with Gasteiger partial charge in [-0.25, -0.2) is 9.18 Å². The third-order valence-electron chi connectivity index (χ3n) is 3.95. The largest absolute Gasteiger partial charge is 0.448 e.